The summed E-state index contributed by atoms with van der Waals surface area (Å²) in [6.07, 6.45) is 1.79. The Morgan fingerprint density at radius 1 is 1.16 bits per heavy atom. The summed E-state index contributed by atoms with van der Waals surface area (Å²) in [5.41, 5.74) is 3.40. The zero-order valence-corrected chi connectivity index (χ0v) is 15.7. The van der Waals surface area contributed by atoms with E-state index in [1.54, 1.807) is 12.3 Å². The van der Waals surface area contributed by atoms with Gasteiger partial charge in [-0.25, -0.2) is 0 Å². The number of halogens is 1. The van der Waals surface area contributed by atoms with Crippen molar-refractivity contribution in [2.75, 3.05) is 26.7 Å². The van der Waals surface area contributed by atoms with Crippen LogP contribution in [0.3, 0.4) is 0 Å². The van der Waals surface area contributed by atoms with Crippen molar-refractivity contribution in [3.05, 3.63) is 58.4 Å². The van der Waals surface area contributed by atoms with E-state index in [4.69, 9.17) is 11.6 Å². The molecule has 0 radical (unpaired) electrons. The van der Waals surface area contributed by atoms with E-state index in [-0.39, 0.29) is 5.91 Å². The second kappa shape index (κ2) is 6.19. The molecule has 0 N–H and O–H groups in total. The first kappa shape index (κ1) is 16.7. The number of rotatable bonds is 2. The zero-order valence-electron chi connectivity index (χ0n) is 14.9. The molecular weight excluding hydrogens is 334 g/mol. The first-order chi connectivity index (χ1) is 12.0. The van der Waals surface area contributed by atoms with E-state index in [2.05, 4.69) is 43.1 Å². The number of aromatic nitrogens is 1. The lowest BCUT2D eigenvalue weighted by Gasteiger charge is -2.28. The maximum Gasteiger partial charge on any atom is 0.270 e. The Balaban J connectivity index is 1.58. The highest BCUT2D eigenvalue weighted by molar-refractivity contribution is 6.31. The largest absolute Gasteiger partial charge is 0.345 e. The average molecular weight is 358 g/mol. The number of carbonyl (C=O) groups is 1. The number of nitrogens with zero attached hydrogens (tertiary/aromatic N) is 3. The average Bonchev–Trinajstić information content (AvgIpc) is 3.20. The Bertz CT molecular complexity index is 815. The summed E-state index contributed by atoms with van der Waals surface area (Å²) in [6, 6.07) is 10.8. The highest BCUT2D eigenvalue weighted by Crippen LogP contribution is 2.45. The van der Waals surface area contributed by atoms with Gasteiger partial charge < -0.3 is 9.47 Å². The van der Waals surface area contributed by atoms with E-state index < -0.39 is 0 Å². The maximum atomic E-state index is 12.9. The predicted molar refractivity (Wildman–Crippen MR) is 99.9 cm³/mol. The van der Waals surface area contributed by atoms with Crippen molar-refractivity contribution < 1.29 is 4.79 Å². The minimum Gasteiger partial charge on any atom is -0.345 e. The Labute approximate surface area is 154 Å². The number of likely N-dealkylation sites (tertiary alicyclic amines) is 2. The Morgan fingerprint density at radius 2 is 1.92 bits per heavy atom. The maximum absolute atomic E-state index is 12.9. The predicted octanol–water partition coefficient (Wildman–Crippen LogP) is 3.36. The van der Waals surface area contributed by atoms with Crippen LogP contribution in [0.4, 0.5) is 0 Å². The van der Waals surface area contributed by atoms with Crippen molar-refractivity contribution in [1.82, 2.24) is 14.4 Å². The summed E-state index contributed by atoms with van der Waals surface area (Å²) < 4.78 is 1.82. The number of amides is 1. The van der Waals surface area contributed by atoms with Crippen molar-refractivity contribution in [3.8, 4) is 0 Å². The third-order valence-electron chi connectivity index (χ3n) is 5.88. The van der Waals surface area contributed by atoms with Crippen LogP contribution in [-0.2, 0) is 7.05 Å². The summed E-state index contributed by atoms with van der Waals surface area (Å²) in [7, 11) is 4.08. The second-order valence-corrected chi connectivity index (χ2v) is 7.97. The minimum absolute atomic E-state index is 0.0926. The van der Waals surface area contributed by atoms with Crippen molar-refractivity contribution in [2.45, 2.75) is 13.0 Å². The number of carbonyl (C=O) groups excluding carboxylic acids is 1. The molecule has 1 aromatic heterocycles. The number of fused-ring (bicyclic) bond motifs is 1. The SMILES string of the molecule is Cc1ccccc1[C@@H]1[C@@H]2CN(C(=O)c3cc(Cl)cn3C)C[C@@H]2CN1C. The molecule has 0 unspecified atom stereocenters. The lowest BCUT2D eigenvalue weighted by Crippen LogP contribution is -2.34. The number of benzene rings is 1. The van der Waals surface area contributed by atoms with Gasteiger partial charge in [0.25, 0.3) is 5.91 Å². The molecule has 5 heteroatoms. The smallest absolute Gasteiger partial charge is 0.270 e. The van der Waals surface area contributed by atoms with Crippen LogP contribution in [0.2, 0.25) is 5.02 Å². The molecule has 0 saturated carbocycles. The Morgan fingerprint density at radius 3 is 2.60 bits per heavy atom. The van der Waals surface area contributed by atoms with Gasteiger partial charge in [0, 0.05) is 44.8 Å². The molecular formula is C20H24ClN3O. The topological polar surface area (TPSA) is 28.5 Å². The molecule has 2 saturated heterocycles. The van der Waals surface area contributed by atoms with Gasteiger partial charge in [0.2, 0.25) is 0 Å². The molecule has 3 atom stereocenters. The van der Waals surface area contributed by atoms with E-state index in [0.29, 0.717) is 28.6 Å². The second-order valence-electron chi connectivity index (χ2n) is 7.53. The molecule has 0 aliphatic carbocycles. The summed E-state index contributed by atoms with van der Waals surface area (Å²) in [6.45, 7) is 4.87. The molecule has 2 aromatic rings. The van der Waals surface area contributed by atoms with E-state index in [1.165, 1.54) is 11.1 Å². The molecule has 25 heavy (non-hydrogen) atoms. The third kappa shape index (κ3) is 2.77. The number of aryl methyl sites for hydroxylation is 2. The lowest BCUT2D eigenvalue weighted by molar-refractivity contribution is 0.0758. The van der Waals surface area contributed by atoms with Crippen LogP contribution in [0.1, 0.15) is 27.7 Å². The van der Waals surface area contributed by atoms with Gasteiger partial charge >= 0.3 is 0 Å². The van der Waals surface area contributed by atoms with Crippen LogP contribution in [0, 0.1) is 18.8 Å². The van der Waals surface area contributed by atoms with Crippen LogP contribution < -0.4 is 0 Å². The van der Waals surface area contributed by atoms with Gasteiger partial charge in [-0.1, -0.05) is 35.9 Å². The van der Waals surface area contributed by atoms with Gasteiger partial charge in [-0.2, -0.15) is 0 Å². The van der Waals surface area contributed by atoms with Gasteiger partial charge in [-0.3, -0.25) is 9.69 Å². The van der Waals surface area contributed by atoms with Crippen molar-refractivity contribution >= 4 is 17.5 Å². The fraction of sp³-hybridized carbons (Fsp3) is 0.450. The molecule has 0 bridgehead atoms. The van der Waals surface area contributed by atoms with Crippen LogP contribution >= 0.6 is 11.6 Å². The third-order valence-corrected chi connectivity index (χ3v) is 6.09. The van der Waals surface area contributed by atoms with Crippen molar-refractivity contribution in [3.63, 3.8) is 0 Å². The number of hydrogen-bond donors (Lipinski definition) is 0. The standard InChI is InChI=1S/C20H24ClN3O/c1-13-6-4-5-7-16(13)19-17-12-24(10-14(17)9-23(19)3)20(25)18-8-15(21)11-22(18)2/h4-8,11,14,17,19H,9-10,12H2,1-3H3/t14-,17+,19+/m0/s1. The molecule has 2 aliphatic rings. The fourth-order valence-electron chi connectivity index (χ4n) is 4.71. The molecule has 0 spiro atoms. The molecule has 3 heterocycles. The van der Waals surface area contributed by atoms with Crippen LogP contribution in [0.25, 0.3) is 0 Å². The van der Waals surface area contributed by atoms with Crippen molar-refractivity contribution in [2.24, 2.45) is 18.9 Å². The summed E-state index contributed by atoms with van der Waals surface area (Å²) >= 11 is 6.05. The van der Waals surface area contributed by atoms with Crippen LogP contribution in [0.15, 0.2) is 36.5 Å². The normalized spacial score (nSPS) is 26.2. The Kier molecular flexibility index (Phi) is 4.13. The van der Waals surface area contributed by atoms with E-state index >= 15 is 0 Å². The van der Waals surface area contributed by atoms with E-state index in [9.17, 15) is 4.79 Å². The molecule has 132 valence electrons. The monoisotopic (exact) mass is 357 g/mol. The highest BCUT2D eigenvalue weighted by Gasteiger charge is 2.47. The van der Waals surface area contributed by atoms with Crippen LogP contribution in [0.5, 0.6) is 0 Å². The van der Waals surface area contributed by atoms with Gasteiger partial charge in [-0.15, -0.1) is 0 Å². The van der Waals surface area contributed by atoms with E-state index in [0.717, 1.165) is 19.6 Å². The van der Waals surface area contributed by atoms with Gasteiger partial charge in [0.15, 0.2) is 0 Å². The molecule has 1 amide bonds. The first-order valence-corrected chi connectivity index (χ1v) is 9.20. The summed E-state index contributed by atoms with van der Waals surface area (Å²) in [5, 5.41) is 0.614. The molecule has 2 aliphatic heterocycles. The van der Waals surface area contributed by atoms with Gasteiger partial charge in [-0.05, 0) is 37.1 Å². The van der Waals surface area contributed by atoms with Gasteiger partial charge in [0.05, 0.1) is 5.02 Å². The van der Waals surface area contributed by atoms with Crippen LogP contribution in [-0.4, -0.2) is 47.0 Å². The lowest BCUT2D eigenvalue weighted by atomic mass is 9.88. The Hall–Kier alpha value is -1.78. The number of hydrogen-bond acceptors (Lipinski definition) is 2. The zero-order chi connectivity index (χ0) is 17.7. The quantitative estimate of drug-likeness (QED) is 0.824. The molecule has 4 rings (SSSR count). The molecule has 1 aromatic carbocycles. The minimum atomic E-state index is 0.0926. The van der Waals surface area contributed by atoms with E-state index in [1.807, 2.05) is 16.5 Å². The molecule has 2 fully saturated rings. The van der Waals surface area contributed by atoms with Crippen molar-refractivity contribution in [1.29, 1.82) is 0 Å². The fourth-order valence-corrected chi connectivity index (χ4v) is 4.96. The summed E-state index contributed by atoms with van der Waals surface area (Å²) in [4.78, 5) is 17.4. The van der Waals surface area contributed by atoms with Gasteiger partial charge in [0.1, 0.15) is 5.69 Å². The first-order valence-electron chi connectivity index (χ1n) is 8.82. The highest BCUT2D eigenvalue weighted by atomic mass is 35.5. The summed E-state index contributed by atoms with van der Waals surface area (Å²) in [5.74, 6) is 1.12. The molecule has 4 nitrogen and oxygen atoms in total.